The lowest BCUT2D eigenvalue weighted by Gasteiger charge is -2.25. The summed E-state index contributed by atoms with van der Waals surface area (Å²) in [5.41, 5.74) is 1.98. The Bertz CT molecular complexity index is 1370. The van der Waals surface area contributed by atoms with Crippen LogP contribution in [-0.2, 0) is 16.0 Å². The molecule has 40 heavy (non-hydrogen) atoms. The topological polar surface area (TPSA) is 126 Å². The molecule has 3 aromatic carbocycles. The molecule has 1 saturated heterocycles. The van der Waals surface area contributed by atoms with Crippen molar-refractivity contribution >= 4 is 45.2 Å². The van der Waals surface area contributed by atoms with Gasteiger partial charge in [0, 0.05) is 18.1 Å². The SMILES string of the molecule is COc1cc(CC(=O)N2CC(OC)C[C@H]2COc2ccc(C(=O)O)cc2)ccc1NC(=O)Nc1ccccc1Br. The van der Waals surface area contributed by atoms with Gasteiger partial charge in [0.2, 0.25) is 5.91 Å². The number of ether oxygens (including phenoxy) is 3. The largest absolute Gasteiger partial charge is 0.495 e. The van der Waals surface area contributed by atoms with Crippen molar-refractivity contribution in [3.8, 4) is 11.5 Å². The molecule has 0 bridgehead atoms. The predicted molar refractivity (Wildman–Crippen MR) is 153 cm³/mol. The van der Waals surface area contributed by atoms with Crippen LogP contribution in [0.15, 0.2) is 71.2 Å². The number of urea groups is 1. The first kappa shape index (κ1) is 28.9. The molecule has 0 aliphatic carbocycles. The number of methoxy groups -OCH3 is 2. The van der Waals surface area contributed by atoms with Crippen molar-refractivity contribution in [1.29, 1.82) is 0 Å². The van der Waals surface area contributed by atoms with E-state index in [1.165, 1.54) is 19.2 Å². The lowest BCUT2D eigenvalue weighted by molar-refractivity contribution is -0.132. The molecule has 3 N–H and O–H groups in total. The Balaban J connectivity index is 1.39. The van der Waals surface area contributed by atoms with Crippen molar-refractivity contribution in [1.82, 2.24) is 4.90 Å². The second-order valence-electron chi connectivity index (χ2n) is 9.20. The van der Waals surface area contributed by atoms with Gasteiger partial charge in [-0.2, -0.15) is 0 Å². The number of anilines is 2. The van der Waals surface area contributed by atoms with E-state index in [0.717, 1.165) is 10.0 Å². The molecule has 11 heteroatoms. The van der Waals surface area contributed by atoms with Crippen molar-refractivity contribution in [2.45, 2.75) is 25.0 Å². The number of likely N-dealkylation sites (tertiary alicyclic amines) is 1. The number of rotatable bonds is 10. The number of carbonyl (C=O) groups is 3. The van der Waals surface area contributed by atoms with Crippen LogP contribution in [0.3, 0.4) is 0 Å². The van der Waals surface area contributed by atoms with Crippen molar-refractivity contribution in [3.05, 3.63) is 82.3 Å². The zero-order chi connectivity index (χ0) is 28.6. The molecule has 1 aliphatic heterocycles. The quantitative estimate of drug-likeness (QED) is 0.293. The van der Waals surface area contributed by atoms with E-state index in [-0.39, 0.29) is 36.6 Å². The van der Waals surface area contributed by atoms with Gasteiger partial charge in [-0.3, -0.25) is 4.79 Å². The zero-order valence-corrected chi connectivity index (χ0v) is 23.6. The number of amides is 3. The van der Waals surface area contributed by atoms with Gasteiger partial charge in [0.05, 0.1) is 42.6 Å². The first-order valence-corrected chi connectivity index (χ1v) is 13.3. The molecule has 1 heterocycles. The summed E-state index contributed by atoms with van der Waals surface area (Å²) < 4.78 is 17.6. The Hall–Kier alpha value is -4.09. The Labute approximate surface area is 240 Å². The number of para-hydroxylation sites is 1. The lowest BCUT2D eigenvalue weighted by atomic mass is 10.1. The van der Waals surface area contributed by atoms with Gasteiger partial charge in [-0.15, -0.1) is 0 Å². The number of carbonyl (C=O) groups excluding carboxylic acids is 2. The Kier molecular flexibility index (Phi) is 9.62. The molecule has 3 amide bonds. The third-order valence-corrected chi connectivity index (χ3v) is 7.26. The number of halogens is 1. The lowest BCUT2D eigenvalue weighted by Crippen LogP contribution is -2.40. The highest BCUT2D eigenvalue weighted by atomic mass is 79.9. The maximum Gasteiger partial charge on any atom is 0.335 e. The minimum atomic E-state index is -1.01. The minimum Gasteiger partial charge on any atom is -0.495 e. The van der Waals surface area contributed by atoms with Crippen molar-refractivity contribution in [2.75, 3.05) is 38.0 Å². The smallest absolute Gasteiger partial charge is 0.335 e. The number of carboxylic acid groups (broad SMARTS) is 1. The summed E-state index contributed by atoms with van der Waals surface area (Å²) in [6.45, 7) is 0.685. The molecule has 1 fully saturated rings. The Morgan fingerprint density at radius 2 is 1.73 bits per heavy atom. The fourth-order valence-electron chi connectivity index (χ4n) is 4.46. The summed E-state index contributed by atoms with van der Waals surface area (Å²) in [6, 6.07) is 18.0. The third kappa shape index (κ3) is 7.30. The van der Waals surface area contributed by atoms with Crippen LogP contribution in [0.4, 0.5) is 16.2 Å². The van der Waals surface area contributed by atoms with Crippen LogP contribution in [0.5, 0.6) is 11.5 Å². The van der Waals surface area contributed by atoms with E-state index in [9.17, 15) is 14.4 Å². The molecule has 2 atom stereocenters. The molecular formula is C29H30BrN3O7. The number of hydrogen-bond donors (Lipinski definition) is 3. The summed E-state index contributed by atoms with van der Waals surface area (Å²) in [5, 5.41) is 14.6. The average Bonchev–Trinajstić information content (AvgIpc) is 3.38. The van der Waals surface area contributed by atoms with Crippen molar-refractivity contribution < 1.29 is 33.7 Å². The van der Waals surface area contributed by atoms with E-state index in [2.05, 4.69) is 26.6 Å². The van der Waals surface area contributed by atoms with Crippen molar-refractivity contribution in [2.24, 2.45) is 0 Å². The van der Waals surface area contributed by atoms with Gasteiger partial charge in [-0.05, 0) is 76.4 Å². The summed E-state index contributed by atoms with van der Waals surface area (Å²) in [7, 11) is 3.11. The van der Waals surface area contributed by atoms with E-state index in [1.807, 2.05) is 18.2 Å². The second kappa shape index (κ2) is 13.3. The Morgan fingerprint density at radius 3 is 2.40 bits per heavy atom. The molecule has 0 saturated carbocycles. The normalized spacial score (nSPS) is 16.3. The molecule has 10 nitrogen and oxygen atoms in total. The van der Waals surface area contributed by atoms with Gasteiger partial charge >= 0.3 is 12.0 Å². The summed E-state index contributed by atoms with van der Waals surface area (Å²) in [5.74, 6) is -0.154. The number of carboxylic acids is 1. The highest BCUT2D eigenvalue weighted by Gasteiger charge is 2.35. The van der Waals surface area contributed by atoms with Crippen LogP contribution in [0.2, 0.25) is 0 Å². The van der Waals surface area contributed by atoms with Crippen LogP contribution in [0.1, 0.15) is 22.3 Å². The third-order valence-electron chi connectivity index (χ3n) is 6.56. The van der Waals surface area contributed by atoms with Gasteiger partial charge < -0.3 is 34.9 Å². The fraction of sp³-hybridized carbons (Fsp3) is 0.276. The van der Waals surface area contributed by atoms with E-state index in [4.69, 9.17) is 19.3 Å². The molecule has 1 unspecified atom stereocenters. The first-order valence-electron chi connectivity index (χ1n) is 12.5. The minimum absolute atomic E-state index is 0.0937. The van der Waals surface area contributed by atoms with Crippen LogP contribution >= 0.6 is 15.9 Å². The Morgan fingerprint density at radius 1 is 1.00 bits per heavy atom. The summed E-state index contributed by atoms with van der Waals surface area (Å²) >= 11 is 3.40. The number of benzene rings is 3. The molecule has 1 aliphatic rings. The highest BCUT2D eigenvalue weighted by Crippen LogP contribution is 2.28. The zero-order valence-electron chi connectivity index (χ0n) is 22.1. The fourth-order valence-corrected chi connectivity index (χ4v) is 4.84. The molecule has 0 radical (unpaired) electrons. The standard InChI is InChI=1S/C29H30BrN3O7/c1-38-22-15-20(17-40-21-10-8-19(9-11-21)28(35)36)33(16-22)27(34)14-18-7-12-25(26(13-18)39-2)32-29(37)31-24-6-4-3-5-23(24)30/h3-13,20,22H,14-17H2,1-2H3,(H,35,36)(H2,31,32,37)/t20-,22?/m0/s1. The second-order valence-corrected chi connectivity index (χ2v) is 10.1. The molecule has 210 valence electrons. The molecule has 0 spiro atoms. The number of nitrogens with zero attached hydrogens (tertiary/aromatic N) is 1. The van der Waals surface area contributed by atoms with E-state index >= 15 is 0 Å². The average molecular weight is 612 g/mol. The maximum atomic E-state index is 13.3. The number of hydrogen-bond acceptors (Lipinski definition) is 6. The molecule has 3 aromatic rings. The first-order chi connectivity index (χ1) is 19.3. The van der Waals surface area contributed by atoms with Crippen LogP contribution in [0, 0.1) is 0 Å². The summed E-state index contributed by atoms with van der Waals surface area (Å²) in [6.07, 6.45) is 0.630. The number of aromatic carboxylic acids is 1. The molecule has 4 rings (SSSR count). The van der Waals surface area contributed by atoms with Crippen molar-refractivity contribution in [3.63, 3.8) is 0 Å². The monoisotopic (exact) mass is 611 g/mol. The van der Waals surface area contributed by atoms with Crippen LogP contribution in [0.25, 0.3) is 0 Å². The maximum absolute atomic E-state index is 13.3. The summed E-state index contributed by atoms with van der Waals surface area (Å²) in [4.78, 5) is 38.7. The molecular weight excluding hydrogens is 582 g/mol. The van der Waals surface area contributed by atoms with E-state index in [1.54, 1.807) is 48.4 Å². The van der Waals surface area contributed by atoms with E-state index < -0.39 is 12.0 Å². The molecule has 0 aromatic heterocycles. The predicted octanol–water partition coefficient (Wildman–Crippen LogP) is 5.04. The number of nitrogens with one attached hydrogen (secondary N) is 2. The van der Waals surface area contributed by atoms with Gasteiger partial charge in [-0.1, -0.05) is 18.2 Å². The van der Waals surface area contributed by atoms with Crippen LogP contribution in [-0.4, -0.2) is 67.4 Å². The van der Waals surface area contributed by atoms with E-state index in [0.29, 0.717) is 35.8 Å². The van der Waals surface area contributed by atoms with Crippen LogP contribution < -0.4 is 20.1 Å². The van der Waals surface area contributed by atoms with Gasteiger partial charge in [0.1, 0.15) is 18.1 Å². The van der Waals surface area contributed by atoms with Gasteiger partial charge in [0.15, 0.2) is 0 Å². The highest BCUT2D eigenvalue weighted by molar-refractivity contribution is 9.10. The van der Waals surface area contributed by atoms with Gasteiger partial charge in [0.25, 0.3) is 0 Å². The van der Waals surface area contributed by atoms with Gasteiger partial charge in [-0.25, -0.2) is 9.59 Å².